The van der Waals surface area contributed by atoms with E-state index in [0.717, 1.165) is 16.9 Å². The molecule has 1 aromatic carbocycles. The normalized spacial score (nSPS) is 17.3. The molecule has 2 heterocycles. The Morgan fingerprint density at radius 2 is 2.15 bits per heavy atom. The maximum Gasteiger partial charge on any atom is 0.243 e. The van der Waals surface area contributed by atoms with Gasteiger partial charge in [-0.05, 0) is 41.4 Å². The van der Waals surface area contributed by atoms with Crippen LogP contribution in [0.15, 0.2) is 41.1 Å². The van der Waals surface area contributed by atoms with Gasteiger partial charge in [-0.15, -0.1) is 0 Å². The van der Waals surface area contributed by atoms with E-state index in [4.69, 9.17) is 5.73 Å². The SMILES string of the molecule is CC(N)C(c1ccsc1)N1CC(=O)Nc2ccccc21. The Balaban J connectivity index is 2.06. The number of hydrogen-bond donors (Lipinski definition) is 2. The number of nitrogens with one attached hydrogen (secondary N) is 1. The summed E-state index contributed by atoms with van der Waals surface area (Å²) in [6.45, 7) is 2.32. The van der Waals surface area contributed by atoms with Crippen LogP contribution in [0.1, 0.15) is 18.5 Å². The van der Waals surface area contributed by atoms with Gasteiger partial charge in [0.25, 0.3) is 0 Å². The van der Waals surface area contributed by atoms with Crippen molar-refractivity contribution in [3.63, 3.8) is 0 Å². The molecule has 0 fully saturated rings. The highest BCUT2D eigenvalue weighted by atomic mass is 32.1. The molecular weight excluding hydrogens is 270 g/mol. The van der Waals surface area contributed by atoms with Gasteiger partial charge in [-0.25, -0.2) is 0 Å². The average Bonchev–Trinajstić information content (AvgIpc) is 2.92. The molecule has 3 rings (SSSR count). The fourth-order valence-corrected chi connectivity index (χ4v) is 3.41. The number of hydrogen-bond acceptors (Lipinski definition) is 4. The van der Waals surface area contributed by atoms with Crippen LogP contribution >= 0.6 is 11.3 Å². The fraction of sp³-hybridized carbons (Fsp3) is 0.267. The Hall–Kier alpha value is -1.85. The lowest BCUT2D eigenvalue weighted by molar-refractivity contribution is -0.115. The third-order valence-corrected chi connectivity index (χ3v) is 4.22. The summed E-state index contributed by atoms with van der Waals surface area (Å²) in [6.07, 6.45) is 0. The van der Waals surface area contributed by atoms with Gasteiger partial charge < -0.3 is 16.0 Å². The van der Waals surface area contributed by atoms with E-state index in [9.17, 15) is 4.79 Å². The summed E-state index contributed by atoms with van der Waals surface area (Å²) in [4.78, 5) is 14.0. The van der Waals surface area contributed by atoms with E-state index in [2.05, 4.69) is 21.7 Å². The van der Waals surface area contributed by atoms with Crippen LogP contribution in [-0.2, 0) is 4.79 Å². The van der Waals surface area contributed by atoms with Gasteiger partial charge in [-0.2, -0.15) is 11.3 Å². The summed E-state index contributed by atoms with van der Waals surface area (Å²) in [6, 6.07) is 9.87. The number of fused-ring (bicyclic) bond motifs is 1. The van der Waals surface area contributed by atoms with Gasteiger partial charge in [0.05, 0.1) is 24.0 Å². The summed E-state index contributed by atoms with van der Waals surface area (Å²) in [5.41, 5.74) is 9.23. The van der Waals surface area contributed by atoms with Gasteiger partial charge in [0.1, 0.15) is 0 Å². The minimum atomic E-state index is -0.0662. The molecule has 2 atom stereocenters. The predicted octanol–water partition coefficient (Wildman–Crippen LogP) is 2.60. The Kier molecular flexibility index (Phi) is 3.46. The average molecular weight is 287 g/mol. The zero-order chi connectivity index (χ0) is 14.1. The van der Waals surface area contributed by atoms with Gasteiger partial charge in [-0.3, -0.25) is 4.79 Å². The van der Waals surface area contributed by atoms with Crippen LogP contribution in [0, 0.1) is 0 Å². The van der Waals surface area contributed by atoms with Gasteiger partial charge in [-0.1, -0.05) is 12.1 Å². The van der Waals surface area contributed by atoms with Crippen molar-refractivity contribution in [2.75, 3.05) is 16.8 Å². The molecule has 5 heteroatoms. The van der Waals surface area contributed by atoms with Crippen molar-refractivity contribution in [3.05, 3.63) is 46.7 Å². The van der Waals surface area contributed by atoms with Crippen LogP contribution < -0.4 is 16.0 Å². The highest BCUT2D eigenvalue weighted by Crippen LogP contribution is 2.36. The van der Waals surface area contributed by atoms with Crippen LogP contribution in [0.3, 0.4) is 0 Å². The first-order valence-electron chi connectivity index (χ1n) is 6.60. The number of benzene rings is 1. The molecular formula is C15H17N3OS. The van der Waals surface area contributed by atoms with Gasteiger partial charge in [0, 0.05) is 6.04 Å². The molecule has 2 aromatic rings. The minimum absolute atomic E-state index is 0.00424. The van der Waals surface area contributed by atoms with Crippen LogP contribution in [0.2, 0.25) is 0 Å². The summed E-state index contributed by atoms with van der Waals surface area (Å²) in [5.74, 6) is 0.00424. The van der Waals surface area contributed by atoms with Crippen LogP contribution in [0.5, 0.6) is 0 Å². The van der Waals surface area contributed by atoms with Gasteiger partial charge >= 0.3 is 0 Å². The lowest BCUT2D eigenvalue weighted by Crippen LogP contribution is -2.46. The molecule has 20 heavy (non-hydrogen) atoms. The standard InChI is InChI=1S/C15H17N3OS/c1-10(16)15(11-6-7-20-9-11)18-8-14(19)17-12-4-2-3-5-13(12)18/h2-7,9-10,15H,8,16H2,1H3,(H,17,19). The summed E-state index contributed by atoms with van der Waals surface area (Å²) < 4.78 is 0. The predicted molar refractivity (Wildman–Crippen MR) is 83.1 cm³/mol. The topological polar surface area (TPSA) is 58.4 Å². The third-order valence-electron chi connectivity index (χ3n) is 3.52. The maximum atomic E-state index is 11.9. The molecule has 1 aliphatic rings. The Labute approximate surface area is 122 Å². The monoisotopic (exact) mass is 287 g/mol. The number of thiophene rings is 1. The number of anilines is 2. The second kappa shape index (κ2) is 5.26. The number of rotatable bonds is 3. The zero-order valence-electron chi connectivity index (χ0n) is 11.2. The van der Waals surface area contributed by atoms with E-state index in [1.807, 2.05) is 36.6 Å². The van der Waals surface area contributed by atoms with Crippen LogP contribution in [0.25, 0.3) is 0 Å². The molecule has 0 saturated carbocycles. The Morgan fingerprint density at radius 1 is 1.35 bits per heavy atom. The first-order valence-corrected chi connectivity index (χ1v) is 7.54. The first-order chi connectivity index (χ1) is 9.66. The Bertz CT molecular complexity index is 609. The molecule has 0 aliphatic carbocycles. The van der Waals surface area contributed by atoms with Gasteiger partial charge in [0.15, 0.2) is 0 Å². The molecule has 0 radical (unpaired) electrons. The van der Waals surface area contributed by atoms with Crippen molar-refractivity contribution in [1.29, 1.82) is 0 Å². The van der Waals surface area contributed by atoms with E-state index in [-0.39, 0.29) is 18.0 Å². The molecule has 2 unspecified atom stereocenters. The third kappa shape index (κ3) is 2.30. The molecule has 1 aliphatic heterocycles. The molecule has 1 amide bonds. The highest BCUT2D eigenvalue weighted by Gasteiger charge is 2.31. The largest absolute Gasteiger partial charge is 0.352 e. The van der Waals surface area contributed by atoms with E-state index >= 15 is 0 Å². The fourth-order valence-electron chi connectivity index (χ4n) is 2.72. The zero-order valence-corrected chi connectivity index (χ0v) is 12.1. The molecule has 4 nitrogen and oxygen atoms in total. The molecule has 0 saturated heterocycles. The lowest BCUT2D eigenvalue weighted by atomic mass is 10.00. The molecule has 3 N–H and O–H groups in total. The Morgan fingerprint density at radius 3 is 2.85 bits per heavy atom. The summed E-state index contributed by atoms with van der Waals surface area (Å²) in [7, 11) is 0. The van der Waals surface area contributed by atoms with E-state index in [1.165, 1.54) is 0 Å². The van der Waals surface area contributed by atoms with E-state index < -0.39 is 0 Å². The number of amides is 1. The van der Waals surface area contributed by atoms with Crippen LogP contribution in [-0.4, -0.2) is 18.5 Å². The quantitative estimate of drug-likeness (QED) is 0.912. The second-order valence-corrected chi connectivity index (χ2v) is 5.83. The van der Waals surface area contributed by atoms with Crippen molar-refractivity contribution < 1.29 is 4.79 Å². The van der Waals surface area contributed by atoms with Gasteiger partial charge in [0.2, 0.25) is 5.91 Å². The molecule has 1 aromatic heterocycles. The highest BCUT2D eigenvalue weighted by molar-refractivity contribution is 7.08. The molecule has 0 bridgehead atoms. The van der Waals surface area contributed by atoms with Crippen molar-refractivity contribution in [2.45, 2.75) is 19.0 Å². The number of nitrogens with zero attached hydrogens (tertiary/aromatic N) is 1. The maximum absolute atomic E-state index is 11.9. The van der Waals surface area contributed by atoms with Crippen molar-refractivity contribution in [2.24, 2.45) is 5.73 Å². The number of carbonyl (C=O) groups excluding carboxylic acids is 1. The number of carbonyl (C=O) groups is 1. The lowest BCUT2D eigenvalue weighted by Gasteiger charge is -2.39. The van der Waals surface area contributed by atoms with E-state index in [0.29, 0.717) is 6.54 Å². The van der Waals surface area contributed by atoms with Crippen molar-refractivity contribution in [3.8, 4) is 0 Å². The first kappa shape index (κ1) is 13.1. The molecule has 104 valence electrons. The van der Waals surface area contributed by atoms with E-state index in [1.54, 1.807) is 11.3 Å². The number of para-hydroxylation sites is 2. The van der Waals surface area contributed by atoms with Crippen molar-refractivity contribution >= 4 is 28.6 Å². The number of nitrogens with two attached hydrogens (primary N) is 1. The summed E-state index contributed by atoms with van der Waals surface area (Å²) >= 11 is 1.65. The second-order valence-electron chi connectivity index (χ2n) is 5.05. The molecule has 0 spiro atoms. The minimum Gasteiger partial charge on any atom is -0.352 e. The smallest absolute Gasteiger partial charge is 0.243 e. The van der Waals surface area contributed by atoms with Crippen molar-refractivity contribution in [1.82, 2.24) is 0 Å². The summed E-state index contributed by atoms with van der Waals surface area (Å²) in [5, 5.41) is 7.05. The van der Waals surface area contributed by atoms with Crippen LogP contribution in [0.4, 0.5) is 11.4 Å².